The van der Waals surface area contributed by atoms with Crippen molar-refractivity contribution in [1.29, 1.82) is 0 Å². The van der Waals surface area contributed by atoms with E-state index in [0.29, 0.717) is 49.1 Å². The largest absolute Gasteiger partial charge is 0.425 e. The van der Waals surface area contributed by atoms with E-state index in [4.69, 9.17) is 9.47 Å². The van der Waals surface area contributed by atoms with E-state index in [1.165, 1.54) is 0 Å². The van der Waals surface area contributed by atoms with Crippen molar-refractivity contribution >= 4 is 11.3 Å². The first-order valence-corrected chi connectivity index (χ1v) is 13.6. The second-order valence-corrected chi connectivity index (χ2v) is 11.3. The summed E-state index contributed by atoms with van der Waals surface area (Å²) >= 11 is 0.773. The van der Waals surface area contributed by atoms with Gasteiger partial charge >= 0.3 is 6.18 Å². The van der Waals surface area contributed by atoms with Crippen LogP contribution in [0.3, 0.4) is 0 Å². The van der Waals surface area contributed by atoms with Gasteiger partial charge in [0.25, 0.3) is 0 Å². The lowest BCUT2D eigenvalue weighted by Crippen LogP contribution is -2.50. The van der Waals surface area contributed by atoms with Crippen molar-refractivity contribution in [3.05, 3.63) is 38.8 Å². The molecule has 200 valence electrons. The molecule has 0 aromatic carbocycles. The van der Waals surface area contributed by atoms with Crippen molar-refractivity contribution in [3.63, 3.8) is 0 Å². The molecule has 1 spiro atoms. The second kappa shape index (κ2) is 10.7. The number of fused-ring (bicyclic) bond motifs is 2. The van der Waals surface area contributed by atoms with Crippen molar-refractivity contribution in [2.24, 2.45) is 0 Å². The molecule has 7 nitrogen and oxygen atoms in total. The predicted molar refractivity (Wildman–Crippen MR) is 130 cm³/mol. The number of aliphatic hydroxyl groups is 1. The SMILES string of the molecule is C[C@H]1C[C@@]2(CCN1Cc1cnn(CCC3CCCOCN3)c1)OCCc1c2sc(C(F)(F)F)c1CO. The Balaban J connectivity index is 1.23. The van der Waals surface area contributed by atoms with E-state index >= 15 is 0 Å². The number of nitrogens with one attached hydrogen (secondary N) is 1. The van der Waals surface area contributed by atoms with Gasteiger partial charge in [-0.2, -0.15) is 18.3 Å². The Labute approximate surface area is 213 Å². The first-order valence-electron chi connectivity index (χ1n) is 12.8. The molecule has 0 amide bonds. The summed E-state index contributed by atoms with van der Waals surface area (Å²) in [6.45, 7) is 5.66. The summed E-state index contributed by atoms with van der Waals surface area (Å²) in [5.41, 5.74) is 1.12. The number of hydrogen-bond donors (Lipinski definition) is 2. The van der Waals surface area contributed by atoms with Gasteiger partial charge in [0.2, 0.25) is 0 Å². The van der Waals surface area contributed by atoms with Crippen molar-refractivity contribution in [2.75, 3.05) is 26.5 Å². The van der Waals surface area contributed by atoms with Crippen LogP contribution in [0.5, 0.6) is 0 Å². The number of hydrogen-bond acceptors (Lipinski definition) is 7. The maximum absolute atomic E-state index is 13.7. The highest BCUT2D eigenvalue weighted by Gasteiger charge is 2.48. The van der Waals surface area contributed by atoms with Gasteiger partial charge in [0.15, 0.2) is 0 Å². The van der Waals surface area contributed by atoms with Gasteiger partial charge in [0, 0.05) is 60.5 Å². The number of piperidine rings is 1. The standard InChI is InChI=1S/C25H35F3N4O3S/c1-17-11-24(22-20(5-10-35-24)21(15-33)23(36-22)25(26,27)28)6-8-31(17)13-18-12-30-32(14-18)7-4-19-3-2-9-34-16-29-19/h12,14,17,19,29,33H,2-11,13,15-16H2,1H3/t17-,19?,24+/m0/s1. The number of halogens is 3. The average molecular weight is 529 g/mol. The number of thiophene rings is 1. The Morgan fingerprint density at radius 2 is 2.19 bits per heavy atom. The van der Waals surface area contributed by atoms with Crippen LogP contribution < -0.4 is 5.32 Å². The van der Waals surface area contributed by atoms with E-state index in [1.54, 1.807) is 0 Å². The Bertz CT molecular complexity index is 1030. The zero-order valence-corrected chi connectivity index (χ0v) is 21.5. The van der Waals surface area contributed by atoms with Crippen LogP contribution in [0.4, 0.5) is 13.2 Å². The topological polar surface area (TPSA) is 71.8 Å². The molecule has 3 aliphatic rings. The number of aromatic nitrogens is 2. The van der Waals surface area contributed by atoms with E-state index in [2.05, 4.69) is 28.4 Å². The molecule has 0 aliphatic carbocycles. The molecule has 0 saturated carbocycles. The van der Waals surface area contributed by atoms with E-state index in [9.17, 15) is 18.3 Å². The third-order valence-electron chi connectivity index (χ3n) is 7.82. The number of ether oxygens (including phenoxy) is 2. The third kappa shape index (κ3) is 5.37. The number of alkyl halides is 3. The van der Waals surface area contributed by atoms with Crippen molar-refractivity contribution < 1.29 is 27.8 Å². The summed E-state index contributed by atoms with van der Waals surface area (Å²) in [7, 11) is 0. The smallest absolute Gasteiger partial charge is 0.392 e. The summed E-state index contributed by atoms with van der Waals surface area (Å²) in [6, 6.07) is 0.581. The molecule has 36 heavy (non-hydrogen) atoms. The molecule has 3 aliphatic heterocycles. The maximum Gasteiger partial charge on any atom is 0.425 e. The molecule has 5 rings (SSSR count). The van der Waals surface area contributed by atoms with Gasteiger partial charge in [0.1, 0.15) is 10.5 Å². The van der Waals surface area contributed by atoms with Crippen LogP contribution in [0.1, 0.15) is 65.5 Å². The highest BCUT2D eigenvalue weighted by atomic mass is 32.1. The Kier molecular flexibility index (Phi) is 7.77. The van der Waals surface area contributed by atoms with Gasteiger partial charge in [-0.1, -0.05) is 0 Å². The fourth-order valence-corrected chi connectivity index (χ4v) is 7.34. The lowest BCUT2D eigenvalue weighted by atomic mass is 9.81. The molecular formula is C25H35F3N4O3S. The van der Waals surface area contributed by atoms with E-state index in [1.807, 2.05) is 10.9 Å². The van der Waals surface area contributed by atoms with Crippen LogP contribution in [-0.2, 0) is 47.4 Å². The second-order valence-electron chi connectivity index (χ2n) is 10.2. The number of rotatable bonds is 6. The molecule has 11 heteroatoms. The lowest BCUT2D eigenvalue weighted by molar-refractivity contribution is -0.135. The van der Waals surface area contributed by atoms with Gasteiger partial charge in [-0.05, 0) is 51.0 Å². The highest BCUT2D eigenvalue weighted by Crippen LogP contribution is 2.51. The van der Waals surface area contributed by atoms with Crippen LogP contribution in [0.15, 0.2) is 12.4 Å². The molecule has 0 bridgehead atoms. The highest BCUT2D eigenvalue weighted by molar-refractivity contribution is 7.12. The van der Waals surface area contributed by atoms with Crippen LogP contribution in [0.2, 0.25) is 0 Å². The summed E-state index contributed by atoms with van der Waals surface area (Å²) < 4.78 is 54.7. The number of aryl methyl sites for hydroxylation is 1. The molecule has 3 atom stereocenters. The van der Waals surface area contributed by atoms with Crippen LogP contribution in [0, 0.1) is 0 Å². The van der Waals surface area contributed by atoms with Crippen molar-refractivity contribution in [2.45, 2.75) is 89.0 Å². The van der Waals surface area contributed by atoms with Gasteiger partial charge in [-0.15, -0.1) is 11.3 Å². The van der Waals surface area contributed by atoms with Gasteiger partial charge < -0.3 is 14.6 Å². The normalized spacial score (nSPS) is 27.8. The molecule has 0 radical (unpaired) electrons. The molecule has 1 unspecified atom stereocenters. The fourth-order valence-electron chi connectivity index (χ4n) is 5.93. The Morgan fingerprint density at radius 1 is 1.33 bits per heavy atom. The monoisotopic (exact) mass is 528 g/mol. The quantitative estimate of drug-likeness (QED) is 0.590. The average Bonchev–Trinajstić information content (AvgIpc) is 3.37. The molecule has 5 heterocycles. The van der Waals surface area contributed by atoms with E-state index in [-0.39, 0.29) is 11.6 Å². The van der Waals surface area contributed by atoms with Crippen LogP contribution in [0.25, 0.3) is 0 Å². The molecule has 2 fully saturated rings. The van der Waals surface area contributed by atoms with Crippen LogP contribution >= 0.6 is 11.3 Å². The first kappa shape index (κ1) is 26.1. The van der Waals surface area contributed by atoms with Crippen molar-refractivity contribution in [3.8, 4) is 0 Å². The third-order valence-corrected chi connectivity index (χ3v) is 9.33. The molecule has 2 N–H and O–H groups in total. The van der Waals surface area contributed by atoms with Crippen molar-refractivity contribution in [1.82, 2.24) is 20.0 Å². The summed E-state index contributed by atoms with van der Waals surface area (Å²) in [5.74, 6) is 0. The van der Waals surface area contributed by atoms with E-state index < -0.39 is 23.3 Å². The Hall–Kier alpha value is -1.50. The molecule has 2 saturated heterocycles. The number of nitrogens with zero attached hydrogens (tertiary/aromatic N) is 3. The van der Waals surface area contributed by atoms with Gasteiger partial charge in [0.05, 0.1) is 26.1 Å². The summed E-state index contributed by atoms with van der Waals surface area (Å²) in [4.78, 5) is 2.36. The summed E-state index contributed by atoms with van der Waals surface area (Å²) in [5, 5.41) is 17.7. The lowest BCUT2D eigenvalue weighted by Gasteiger charge is -2.47. The maximum atomic E-state index is 13.7. The van der Waals surface area contributed by atoms with Gasteiger partial charge in [-0.25, -0.2) is 0 Å². The molecule has 2 aromatic heterocycles. The minimum absolute atomic E-state index is 0.0410. The minimum atomic E-state index is -4.46. The summed E-state index contributed by atoms with van der Waals surface area (Å²) in [6.07, 6.45) is 4.42. The minimum Gasteiger partial charge on any atom is -0.392 e. The zero-order chi connectivity index (χ0) is 25.3. The molecule has 2 aromatic rings. The zero-order valence-electron chi connectivity index (χ0n) is 20.6. The predicted octanol–water partition coefficient (Wildman–Crippen LogP) is 4.02. The first-order chi connectivity index (χ1) is 17.3. The number of aliphatic hydroxyl groups excluding tert-OH is 1. The fraction of sp³-hybridized carbons (Fsp3) is 0.720. The van der Waals surface area contributed by atoms with Crippen LogP contribution in [-0.4, -0.2) is 58.4 Å². The number of likely N-dealkylation sites (tertiary alicyclic amines) is 1. The Morgan fingerprint density at radius 3 is 2.97 bits per heavy atom. The van der Waals surface area contributed by atoms with E-state index in [0.717, 1.165) is 62.4 Å². The van der Waals surface area contributed by atoms with Gasteiger partial charge in [-0.3, -0.25) is 14.9 Å². The molecular weight excluding hydrogens is 493 g/mol.